The summed E-state index contributed by atoms with van der Waals surface area (Å²) in [6, 6.07) is 2.47. The van der Waals surface area contributed by atoms with Crippen molar-refractivity contribution in [3.63, 3.8) is 0 Å². The molecule has 0 radical (unpaired) electrons. The number of nitrogens with zero attached hydrogens (tertiary/aromatic N) is 1. The Morgan fingerprint density at radius 3 is 2.29 bits per heavy atom. The molecule has 0 aromatic carbocycles. The molecule has 0 bridgehead atoms. The second-order valence-electron chi connectivity index (χ2n) is 4.29. The minimum atomic E-state index is -4.39. The van der Waals surface area contributed by atoms with Crippen LogP contribution in [-0.4, -0.2) is 10.8 Å². The van der Waals surface area contributed by atoms with E-state index in [1.165, 1.54) is 12.3 Å². The number of aromatic nitrogens is 1. The van der Waals surface area contributed by atoms with Gasteiger partial charge in [-0.1, -0.05) is 6.07 Å². The third kappa shape index (κ3) is 2.84. The highest BCUT2D eigenvalue weighted by atomic mass is 19.4. The van der Waals surface area contributed by atoms with E-state index in [0.29, 0.717) is 25.7 Å². The van der Waals surface area contributed by atoms with Crippen LogP contribution in [0, 0.1) is 0 Å². The summed E-state index contributed by atoms with van der Waals surface area (Å²) in [4.78, 5) is 14.5. The van der Waals surface area contributed by atoms with E-state index in [9.17, 15) is 18.0 Å². The van der Waals surface area contributed by atoms with Crippen LogP contribution < -0.4 is 0 Å². The highest BCUT2D eigenvalue weighted by Gasteiger charge is 2.32. The van der Waals surface area contributed by atoms with Crippen LogP contribution in [0.5, 0.6) is 0 Å². The molecule has 1 saturated carbocycles. The van der Waals surface area contributed by atoms with Crippen LogP contribution in [0.3, 0.4) is 0 Å². The van der Waals surface area contributed by atoms with Crippen LogP contribution in [-0.2, 0) is 11.0 Å². The highest BCUT2D eigenvalue weighted by molar-refractivity contribution is 5.79. The maximum atomic E-state index is 12.3. The smallest absolute Gasteiger partial charge is 0.300 e. The summed E-state index contributed by atoms with van der Waals surface area (Å²) in [6.07, 6.45) is -0.639. The van der Waals surface area contributed by atoms with E-state index in [0.717, 1.165) is 11.6 Å². The predicted molar refractivity (Wildman–Crippen MR) is 55.5 cm³/mol. The molecule has 0 N–H and O–H groups in total. The summed E-state index contributed by atoms with van der Waals surface area (Å²) in [5, 5.41) is 0. The number of carbonyl (C=O) groups excluding carboxylic acids is 1. The normalized spacial score (nSPS) is 18.4. The van der Waals surface area contributed by atoms with Gasteiger partial charge in [0.15, 0.2) is 0 Å². The van der Waals surface area contributed by atoms with Crippen molar-refractivity contribution >= 4 is 5.78 Å². The quantitative estimate of drug-likeness (QED) is 0.757. The Bertz CT molecular complexity index is 401. The van der Waals surface area contributed by atoms with Crippen molar-refractivity contribution in [2.24, 2.45) is 0 Å². The van der Waals surface area contributed by atoms with Gasteiger partial charge in [-0.15, -0.1) is 0 Å². The van der Waals surface area contributed by atoms with Crippen LogP contribution in [0.25, 0.3) is 0 Å². The molecule has 1 heterocycles. The molecule has 1 fully saturated rings. The number of pyridine rings is 1. The zero-order valence-corrected chi connectivity index (χ0v) is 9.13. The lowest BCUT2D eigenvalue weighted by atomic mass is 9.84. The van der Waals surface area contributed by atoms with Gasteiger partial charge in [-0.05, 0) is 30.4 Å². The van der Waals surface area contributed by atoms with Crippen LogP contribution in [0.1, 0.15) is 42.9 Å². The molecule has 0 amide bonds. The van der Waals surface area contributed by atoms with Gasteiger partial charge in [-0.25, -0.2) is 0 Å². The van der Waals surface area contributed by atoms with Gasteiger partial charge in [0, 0.05) is 19.0 Å². The lowest BCUT2D eigenvalue weighted by Crippen LogP contribution is -2.13. The first-order valence-electron chi connectivity index (χ1n) is 5.51. The van der Waals surface area contributed by atoms with Crippen molar-refractivity contribution in [3.8, 4) is 0 Å². The van der Waals surface area contributed by atoms with Crippen molar-refractivity contribution in [2.75, 3.05) is 0 Å². The summed E-state index contributed by atoms with van der Waals surface area (Å²) in [7, 11) is 0. The lowest BCUT2D eigenvalue weighted by Gasteiger charge is -2.21. The van der Waals surface area contributed by atoms with E-state index in [1.54, 1.807) is 0 Å². The molecule has 92 valence electrons. The van der Waals surface area contributed by atoms with Gasteiger partial charge in [0.25, 0.3) is 0 Å². The first kappa shape index (κ1) is 12.1. The third-order valence-electron chi connectivity index (χ3n) is 3.09. The summed E-state index contributed by atoms with van der Waals surface area (Å²) >= 11 is 0. The zero-order chi connectivity index (χ0) is 12.5. The molecule has 0 atom stereocenters. The molecular formula is C12H12F3NO. The van der Waals surface area contributed by atoms with Crippen LogP contribution in [0.2, 0.25) is 0 Å². The van der Waals surface area contributed by atoms with Crippen LogP contribution >= 0.6 is 0 Å². The van der Waals surface area contributed by atoms with E-state index in [-0.39, 0.29) is 11.7 Å². The molecule has 0 spiro atoms. The van der Waals surface area contributed by atoms with Gasteiger partial charge in [-0.3, -0.25) is 9.78 Å². The minimum Gasteiger partial charge on any atom is -0.300 e. The highest BCUT2D eigenvalue weighted by Crippen LogP contribution is 2.32. The van der Waals surface area contributed by atoms with Gasteiger partial charge < -0.3 is 0 Å². The first-order chi connectivity index (χ1) is 7.97. The second-order valence-corrected chi connectivity index (χ2v) is 4.29. The Morgan fingerprint density at radius 2 is 1.82 bits per heavy atom. The Kier molecular flexibility index (Phi) is 3.17. The van der Waals surface area contributed by atoms with E-state index in [2.05, 4.69) is 4.98 Å². The summed E-state index contributed by atoms with van der Waals surface area (Å²) in [5.74, 6) is 0.406. The standard InChI is InChI=1S/C12H12F3NO/c13-12(14,15)11-6-3-9(7-16-11)8-1-4-10(17)5-2-8/h3,6-8H,1-2,4-5H2. The summed E-state index contributed by atoms with van der Waals surface area (Å²) in [6.45, 7) is 0. The molecule has 2 nitrogen and oxygen atoms in total. The number of alkyl halides is 3. The molecule has 5 heteroatoms. The molecule has 1 aromatic heterocycles. The van der Waals surface area contributed by atoms with E-state index in [1.807, 2.05) is 0 Å². The molecule has 17 heavy (non-hydrogen) atoms. The number of hydrogen-bond donors (Lipinski definition) is 0. The maximum Gasteiger partial charge on any atom is 0.433 e. The molecule has 1 aromatic rings. The van der Waals surface area contributed by atoms with Gasteiger partial charge >= 0.3 is 6.18 Å². The molecule has 2 rings (SSSR count). The van der Waals surface area contributed by atoms with Crippen LogP contribution in [0.15, 0.2) is 18.3 Å². The topological polar surface area (TPSA) is 30.0 Å². The van der Waals surface area contributed by atoms with Crippen molar-refractivity contribution in [1.29, 1.82) is 0 Å². The van der Waals surface area contributed by atoms with Crippen molar-refractivity contribution in [2.45, 2.75) is 37.8 Å². The van der Waals surface area contributed by atoms with E-state index in [4.69, 9.17) is 0 Å². The fraction of sp³-hybridized carbons (Fsp3) is 0.500. The van der Waals surface area contributed by atoms with Crippen molar-refractivity contribution in [3.05, 3.63) is 29.6 Å². The second kappa shape index (κ2) is 4.47. The number of carbonyl (C=O) groups is 1. The Balaban J connectivity index is 2.10. The van der Waals surface area contributed by atoms with Gasteiger partial charge in [0.2, 0.25) is 0 Å². The zero-order valence-electron chi connectivity index (χ0n) is 9.13. The minimum absolute atomic E-state index is 0.169. The van der Waals surface area contributed by atoms with Crippen molar-refractivity contribution < 1.29 is 18.0 Å². The number of Topliss-reactive ketones (excluding diaryl/α,β-unsaturated/α-hetero) is 1. The number of ketones is 1. The molecule has 0 saturated heterocycles. The largest absolute Gasteiger partial charge is 0.433 e. The first-order valence-corrected chi connectivity index (χ1v) is 5.51. The average Bonchev–Trinajstić information content (AvgIpc) is 2.29. The van der Waals surface area contributed by atoms with E-state index >= 15 is 0 Å². The summed E-state index contributed by atoms with van der Waals surface area (Å²) in [5.41, 5.74) is -0.0707. The van der Waals surface area contributed by atoms with Gasteiger partial charge in [-0.2, -0.15) is 13.2 Å². The molecular weight excluding hydrogens is 231 g/mol. The Hall–Kier alpha value is -1.39. The molecule has 1 aliphatic rings. The molecule has 0 aliphatic heterocycles. The third-order valence-corrected chi connectivity index (χ3v) is 3.09. The fourth-order valence-corrected chi connectivity index (χ4v) is 2.09. The molecule has 0 unspecified atom stereocenters. The van der Waals surface area contributed by atoms with E-state index < -0.39 is 11.9 Å². The predicted octanol–water partition coefficient (Wildman–Crippen LogP) is 3.33. The average molecular weight is 243 g/mol. The van der Waals surface area contributed by atoms with Crippen molar-refractivity contribution in [1.82, 2.24) is 4.98 Å². The number of hydrogen-bond acceptors (Lipinski definition) is 2. The van der Waals surface area contributed by atoms with Crippen LogP contribution in [0.4, 0.5) is 13.2 Å². The maximum absolute atomic E-state index is 12.3. The monoisotopic (exact) mass is 243 g/mol. The number of halogens is 3. The molecule has 1 aliphatic carbocycles. The van der Waals surface area contributed by atoms with Gasteiger partial charge in [0.1, 0.15) is 11.5 Å². The summed E-state index contributed by atoms with van der Waals surface area (Å²) < 4.78 is 36.9. The Labute approximate surface area is 96.9 Å². The Morgan fingerprint density at radius 1 is 1.18 bits per heavy atom. The lowest BCUT2D eigenvalue weighted by molar-refractivity contribution is -0.141. The van der Waals surface area contributed by atoms with Gasteiger partial charge in [0.05, 0.1) is 0 Å². The SMILES string of the molecule is O=C1CCC(c2ccc(C(F)(F)F)nc2)CC1. The fourth-order valence-electron chi connectivity index (χ4n) is 2.09. The number of rotatable bonds is 1.